The number of nitrogens with zero attached hydrogens (tertiary/aromatic N) is 1. The number of likely N-dealkylation sites (tertiary alicyclic amines) is 1. The standard InChI is InChI=1S/C20H30FNO2/c21-17-9-11-19(12-10-17)24-20-8-4-13-22(16-20)14-5-15-23-18-6-2-1-3-7-18/h9-12,18,20H,1-8,13-16H2. The molecular weight excluding hydrogens is 305 g/mol. The van der Waals surface area contributed by atoms with Gasteiger partial charge in [0.05, 0.1) is 6.10 Å². The predicted molar refractivity (Wildman–Crippen MR) is 93.9 cm³/mol. The monoisotopic (exact) mass is 335 g/mol. The van der Waals surface area contributed by atoms with Crippen LogP contribution in [0.2, 0.25) is 0 Å². The summed E-state index contributed by atoms with van der Waals surface area (Å²) in [5.41, 5.74) is 0. The van der Waals surface area contributed by atoms with E-state index in [9.17, 15) is 4.39 Å². The lowest BCUT2D eigenvalue weighted by Crippen LogP contribution is -2.41. The number of halogens is 1. The summed E-state index contributed by atoms with van der Waals surface area (Å²) >= 11 is 0. The highest BCUT2D eigenvalue weighted by Crippen LogP contribution is 2.21. The van der Waals surface area contributed by atoms with Crippen LogP contribution in [0, 0.1) is 5.82 Å². The van der Waals surface area contributed by atoms with Crippen LogP contribution in [0.4, 0.5) is 4.39 Å². The highest BCUT2D eigenvalue weighted by molar-refractivity contribution is 5.22. The van der Waals surface area contributed by atoms with Gasteiger partial charge < -0.3 is 9.47 Å². The van der Waals surface area contributed by atoms with Gasteiger partial charge in [0.15, 0.2) is 0 Å². The molecule has 2 aliphatic rings. The fourth-order valence-electron chi connectivity index (χ4n) is 3.79. The van der Waals surface area contributed by atoms with Gasteiger partial charge in [-0.2, -0.15) is 0 Å². The maximum Gasteiger partial charge on any atom is 0.123 e. The van der Waals surface area contributed by atoms with Gasteiger partial charge in [0.2, 0.25) is 0 Å². The third kappa shape index (κ3) is 5.75. The molecule has 1 heterocycles. The van der Waals surface area contributed by atoms with E-state index in [0.29, 0.717) is 6.10 Å². The zero-order valence-electron chi connectivity index (χ0n) is 14.6. The minimum absolute atomic E-state index is 0.212. The number of ether oxygens (including phenoxy) is 2. The molecule has 2 fully saturated rings. The fourth-order valence-corrected chi connectivity index (χ4v) is 3.79. The van der Waals surface area contributed by atoms with Crippen molar-refractivity contribution in [2.75, 3.05) is 26.2 Å². The molecule has 1 atom stereocenters. The minimum Gasteiger partial charge on any atom is -0.489 e. The van der Waals surface area contributed by atoms with E-state index in [1.165, 1.54) is 44.2 Å². The molecule has 1 aliphatic carbocycles. The van der Waals surface area contributed by atoms with E-state index < -0.39 is 0 Å². The Morgan fingerprint density at radius 3 is 2.50 bits per heavy atom. The van der Waals surface area contributed by atoms with E-state index in [-0.39, 0.29) is 11.9 Å². The van der Waals surface area contributed by atoms with Crippen molar-refractivity contribution in [1.29, 1.82) is 0 Å². The summed E-state index contributed by atoms with van der Waals surface area (Å²) in [6, 6.07) is 6.34. The first-order valence-electron chi connectivity index (χ1n) is 9.56. The summed E-state index contributed by atoms with van der Waals surface area (Å²) < 4.78 is 25.0. The molecule has 0 bridgehead atoms. The van der Waals surface area contributed by atoms with Gasteiger partial charge in [-0.1, -0.05) is 19.3 Å². The first-order valence-corrected chi connectivity index (χ1v) is 9.56. The first-order chi connectivity index (χ1) is 11.8. The average molecular weight is 335 g/mol. The van der Waals surface area contributed by atoms with Crippen molar-refractivity contribution in [3.8, 4) is 5.75 Å². The predicted octanol–water partition coefficient (Wildman–Crippen LogP) is 4.41. The maximum atomic E-state index is 13.0. The average Bonchev–Trinajstić information content (AvgIpc) is 2.62. The van der Waals surface area contributed by atoms with Crippen molar-refractivity contribution < 1.29 is 13.9 Å². The molecule has 1 saturated heterocycles. The Balaban J connectivity index is 1.33. The van der Waals surface area contributed by atoms with E-state index in [1.54, 1.807) is 12.1 Å². The number of hydrogen-bond donors (Lipinski definition) is 0. The smallest absolute Gasteiger partial charge is 0.123 e. The van der Waals surface area contributed by atoms with Gasteiger partial charge in [0.25, 0.3) is 0 Å². The van der Waals surface area contributed by atoms with Crippen LogP contribution in [0.5, 0.6) is 5.75 Å². The van der Waals surface area contributed by atoms with Gasteiger partial charge in [-0.25, -0.2) is 4.39 Å². The molecule has 0 aromatic heterocycles. The third-order valence-electron chi connectivity index (χ3n) is 5.10. The molecule has 3 rings (SSSR count). The van der Waals surface area contributed by atoms with Crippen molar-refractivity contribution in [1.82, 2.24) is 4.90 Å². The van der Waals surface area contributed by atoms with Crippen molar-refractivity contribution in [2.24, 2.45) is 0 Å². The summed E-state index contributed by atoms with van der Waals surface area (Å²) in [5, 5.41) is 0. The Morgan fingerprint density at radius 1 is 0.958 bits per heavy atom. The van der Waals surface area contributed by atoms with Gasteiger partial charge in [-0.05, 0) is 62.9 Å². The number of rotatable bonds is 7. The number of hydrogen-bond acceptors (Lipinski definition) is 3. The van der Waals surface area contributed by atoms with Crippen molar-refractivity contribution >= 4 is 0 Å². The van der Waals surface area contributed by atoms with Crippen molar-refractivity contribution in [3.05, 3.63) is 30.1 Å². The van der Waals surface area contributed by atoms with E-state index in [1.807, 2.05) is 0 Å². The summed E-state index contributed by atoms with van der Waals surface area (Å²) in [6.07, 6.45) is 10.6. The summed E-state index contributed by atoms with van der Waals surface area (Å²) in [4.78, 5) is 2.47. The maximum absolute atomic E-state index is 13.0. The lowest BCUT2D eigenvalue weighted by Gasteiger charge is -2.33. The molecule has 4 heteroatoms. The molecule has 1 aromatic rings. The van der Waals surface area contributed by atoms with Gasteiger partial charge in [0, 0.05) is 19.7 Å². The SMILES string of the molecule is Fc1ccc(OC2CCCN(CCCOC3CCCCC3)C2)cc1. The Hall–Kier alpha value is -1.13. The van der Waals surface area contributed by atoms with E-state index >= 15 is 0 Å². The summed E-state index contributed by atoms with van der Waals surface area (Å²) in [7, 11) is 0. The van der Waals surface area contributed by atoms with Crippen molar-refractivity contribution in [2.45, 2.75) is 63.6 Å². The van der Waals surface area contributed by atoms with Gasteiger partial charge in [-0.3, -0.25) is 4.90 Å². The van der Waals surface area contributed by atoms with E-state index in [4.69, 9.17) is 9.47 Å². The molecule has 1 aromatic carbocycles. The lowest BCUT2D eigenvalue weighted by atomic mass is 9.98. The first kappa shape index (κ1) is 17.7. The third-order valence-corrected chi connectivity index (χ3v) is 5.10. The van der Waals surface area contributed by atoms with E-state index in [0.717, 1.165) is 51.3 Å². The Morgan fingerprint density at radius 2 is 1.71 bits per heavy atom. The zero-order chi connectivity index (χ0) is 16.6. The second kappa shape index (κ2) is 9.38. The molecule has 1 aliphatic heterocycles. The van der Waals surface area contributed by atoms with Crippen LogP contribution in [-0.4, -0.2) is 43.3 Å². The second-order valence-electron chi connectivity index (χ2n) is 7.12. The Kier molecular flexibility index (Phi) is 6.91. The highest BCUT2D eigenvalue weighted by Gasteiger charge is 2.21. The van der Waals surface area contributed by atoms with Crippen LogP contribution in [-0.2, 0) is 4.74 Å². The number of benzene rings is 1. The van der Waals surface area contributed by atoms with Crippen LogP contribution in [0.15, 0.2) is 24.3 Å². The van der Waals surface area contributed by atoms with Crippen LogP contribution in [0.1, 0.15) is 51.4 Å². The minimum atomic E-state index is -0.217. The summed E-state index contributed by atoms with van der Waals surface area (Å²) in [6.45, 7) is 4.06. The normalized spacial score (nSPS) is 23.3. The van der Waals surface area contributed by atoms with Crippen LogP contribution >= 0.6 is 0 Å². The molecule has 24 heavy (non-hydrogen) atoms. The Bertz CT molecular complexity index is 473. The lowest BCUT2D eigenvalue weighted by molar-refractivity contribution is 0.0189. The Labute approximate surface area is 145 Å². The van der Waals surface area contributed by atoms with Crippen LogP contribution < -0.4 is 4.74 Å². The largest absolute Gasteiger partial charge is 0.489 e. The fraction of sp³-hybridized carbons (Fsp3) is 0.700. The van der Waals surface area contributed by atoms with Gasteiger partial charge >= 0.3 is 0 Å². The molecule has 0 N–H and O–H groups in total. The van der Waals surface area contributed by atoms with Crippen LogP contribution in [0.25, 0.3) is 0 Å². The molecule has 0 amide bonds. The summed E-state index contributed by atoms with van der Waals surface area (Å²) in [5.74, 6) is 0.550. The molecule has 0 radical (unpaired) electrons. The molecule has 134 valence electrons. The molecule has 3 nitrogen and oxygen atoms in total. The molecule has 0 spiro atoms. The molecular formula is C20H30FNO2. The molecule has 1 unspecified atom stereocenters. The second-order valence-corrected chi connectivity index (χ2v) is 7.12. The van der Waals surface area contributed by atoms with Crippen LogP contribution in [0.3, 0.4) is 0 Å². The quantitative estimate of drug-likeness (QED) is 0.689. The zero-order valence-corrected chi connectivity index (χ0v) is 14.6. The van der Waals surface area contributed by atoms with Gasteiger partial charge in [-0.15, -0.1) is 0 Å². The van der Waals surface area contributed by atoms with Gasteiger partial charge in [0.1, 0.15) is 17.7 Å². The highest BCUT2D eigenvalue weighted by atomic mass is 19.1. The molecule has 1 saturated carbocycles. The van der Waals surface area contributed by atoms with Crippen molar-refractivity contribution in [3.63, 3.8) is 0 Å². The number of piperidine rings is 1. The topological polar surface area (TPSA) is 21.7 Å². The van der Waals surface area contributed by atoms with E-state index in [2.05, 4.69) is 4.90 Å².